The van der Waals surface area contributed by atoms with Gasteiger partial charge in [-0.05, 0) is 48.2 Å². The van der Waals surface area contributed by atoms with Crippen LogP contribution in [0.5, 0.6) is 0 Å². The van der Waals surface area contributed by atoms with Crippen molar-refractivity contribution in [2.24, 2.45) is 0 Å². The van der Waals surface area contributed by atoms with Crippen LogP contribution in [0, 0.1) is 0 Å². The number of likely N-dealkylation sites (tertiary alicyclic amines) is 1. The molecule has 0 radical (unpaired) electrons. The Labute approximate surface area is 140 Å². The molecule has 3 aromatic rings. The molecular weight excluding hydrogens is 300 g/mol. The summed E-state index contributed by atoms with van der Waals surface area (Å²) in [5.41, 5.74) is 2.14. The van der Waals surface area contributed by atoms with Crippen molar-refractivity contribution in [3.05, 3.63) is 70.9 Å². The highest BCUT2D eigenvalue weighted by molar-refractivity contribution is 5.84. The van der Waals surface area contributed by atoms with Gasteiger partial charge in [-0.25, -0.2) is 0 Å². The van der Waals surface area contributed by atoms with Gasteiger partial charge in [0.25, 0.3) is 5.56 Å². The van der Waals surface area contributed by atoms with E-state index in [9.17, 15) is 4.79 Å². The molecule has 0 unspecified atom stereocenters. The molecule has 2 aromatic heterocycles. The van der Waals surface area contributed by atoms with Crippen molar-refractivity contribution in [3.8, 4) is 0 Å². The zero-order valence-corrected chi connectivity index (χ0v) is 13.4. The van der Waals surface area contributed by atoms with Crippen molar-refractivity contribution in [2.45, 2.75) is 19.0 Å². The van der Waals surface area contributed by atoms with E-state index in [0.717, 1.165) is 48.2 Å². The molecule has 5 heteroatoms. The fourth-order valence-electron chi connectivity index (χ4n) is 3.33. The van der Waals surface area contributed by atoms with Gasteiger partial charge < -0.3 is 10.3 Å². The average molecular weight is 320 g/mol. The molecule has 1 aliphatic rings. The molecule has 1 fully saturated rings. The number of hydrogen-bond acceptors (Lipinski definition) is 4. The predicted octanol–water partition coefficient (Wildman–Crippen LogP) is 2.61. The van der Waals surface area contributed by atoms with Crippen molar-refractivity contribution >= 4 is 16.5 Å². The van der Waals surface area contributed by atoms with Crippen molar-refractivity contribution in [1.82, 2.24) is 14.9 Å². The number of rotatable bonds is 4. The minimum atomic E-state index is -0.0403. The van der Waals surface area contributed by atoms with Crippen molar-refractivity contribution in [3.63, 3.8) is 0 Å². The summed E-state index contributed by atoms with van der Waals surface area (Å²) < 4.78 is 0. The smallest absolute Gasteiger partial charge is 0.255 e. The molecule has 122 valence electrons. The first-order valence-corrected chi connectivity index (χ1v) is 8.28. The van der Waals surface area contributed by atoms with E-state index < -0.39 is 0 Å². The highest BCUT2D eigenvalue weighted by Crippen LogP contribution is 2.20. The topological polar surface area (TPSA) is 61.0 Å². The molecule has 0 saturated carbocycles. The summed E-state index contributed by atoms with van der Waals surface area (Å²) in [4.78, 5) is 21.3. The maximum atomic E-state index is 11.8. The lowest BCUT2D eigenvalue weighted by Gasteiger charge is -2.17. The van der Waals surface area contributed by atoms with Gasteiger partial charge in [0, 0.05) is 49.1 Å². The number of benzene rings is 1. The Morgan fingerprint density at radius 2 is 2.21 bits per heavy atom. The van der Waals surface area contributed by atoms with Crippen LogP contribution in [-0.4, -0.2) is 34.0 Å². The van der Waals surface area contributed by atoms with E-state index in [4.69, 9.17) is 0 Å². The van der Waals surface area contributed by atoms with Crippen molar-refractivity contribution in [1.29, 1.82) is 0 Å². The van der Waals surface area contributed by atoms with Gasteiger partial charge in [0.15, 0.2) is 0 Å². The second-order valence-electron chi connectivity index (χ2n) is 6.29. The number of nitrogens with zero attached hydrogens (tertiary/aromatic N) is 2. The molecule has 1 aromatic carbocycles. The standard InChI is InChI=1S/C19H20N4O/c24-19-18-5-4-15(11-14(18)6-9-21-19)22-17-7-10-23(13-17)12-16-3-1-2-8-20-16/h1-6,8-9,11,17,22H,7,10,12-13H2,(H,21,24)/t17-/m0/s1. The van der Waals surface area contributed by atoms with E-state index in [0.29, 0.717) is 6.04 Å². The van der Waals surface area contributed by atoms with Gasteiger partial charge in [-0.1, -0.05) is 6.07 Å². The fraction of sp³-hybridized carbons (Fsp3) is 0.263. The van der Waals surface area contributed by atoms with Gasteiger partial charge in [0.05, 0.1) is 5.69 Å². The van der Waals surface area contributed by atoms with Crippen molar-refractivity contribution < 1.29 is 0 Å². The maximum Gasteiger partial charge on any atom is 0.255 e. The highest BCUT2D eigenvalue weighted by atomic mass is 16.1. The molecular formula is C19H20N4O. The Bertz CT molecular complexity index is 891. The zero-order valence-electron chi connectivity index (χ0n) is 13.4. The molecule has 0 aliphatic carbocycles. The summed E-state index contributed by atoms with van der Waals surface area (Å²) >= 11 is 0. The molecule has 1 atom stereocenters. The normalized spacial score (nSPS) is 18.1. The zero-order chi connectivity index (χ0) is 16.4. The second kappa shape index (κ2) is 6.45. The number of aromatic amines is 1. The third kappa shape index (κ3) is 3.16. The minimum absolute atomic E-state index is 0.0403. The Morgan fingerprint density at radius 1 is 1.25 bits per heavy atom. The lowest BCUT2D eigenvalue weighted by Crippen LogP contribution is -2.26. The molecule has 4 rings (SSSR count). The van der Waals surface area contributed by atoms with Crippen molar-refractivity contribution in [2.75, 3.05) is 18.4 Å². The van der Waals surface area contributed by atoms with Crippen LogP contribution in [0.3, 0.4) is 0 Å². The summed E-state index contributed by atoms with van der Waals surface area (Å²) in [6.45, 7) is 2.97. The molecule has 0 amide bonds. The summed E-state index contributed by atoms with van der Waals surface area (Å²) in [5.74, 6) is 0. The molecule has 0 spiro atoms. The van der Waals surface area contributed by atoms with Crippen LogP contribution in [0.4, 0.5) is 5.69 Å². The van der Waals surface area contributed by atoms with E-state index in [1.54, 1.807) is 6.20 Å². The third-order valence-electron chi connectivity index (χ3n) is 4.53. The van der Waals surface area contributed by atoms with Crippen LogP contribution in [0.1, 0.15) is 12.1 Å². The summed E-state index contributed by atoms with van der Waals surface area (Å²) in [5, 5.41) is 5.29. The van der Waals surface area contributed by atoms with E-state index in [1.165, 1.54) is 0 Å². The van der Waals surface area contributed by atoms with Crippen LogP contribution in [0.25, 0.3) is 10.8 Å². The van der Waals surface area contributed by atoms with E-state index >= 15 is 0 Å². The third-order valence-corrected chi connectivity index (χ3v) is 4.53. The minimum Gasteiger partial charge on any atom is -0.381 e. The number of hydrogen-bond donors (Lipinski definition) is 2. The average Bonchev–Trinajstić information content (AvgIpc) is 3.03. The van der Waals surface area contributed by atoms with Gasteiger partial charge in [-0.3, -0.25) is 14.7 Å². The molecule has 1 aliphatic heterocycles. The molecule has 0 bridgehead atoms. The number of H-pyrrole nitrogens is 1. The number of aromatic nitrogens is 2. The largest absolute Gasteiger partial charge is 0.381 e. The Hall–Kier alpha value is -2.66. The summed E-state index contributed by atoms with van der Waals surface area (Å²) in [6, 6.07) is 14.3. The SMILES string of the molecule is O=c1[nH]ccc2cc(N[C@H]3CCN(Cc4ccccn4)C3)ccc12. The van der Waals surface area contributed by atoms with Crippen LogP contribution in [-0.2, 0) is 6.54 Å². The van der Waals surface area contributed by atoms with Crippen LogP contribution in [0.15, 0.2) is 59.7 Å². The van der Waals surface area contributed by atoms with Gasteiger partial charge in [-0.2, -0.15) is 0 Å². The van der Waals surface area contributed by atoms with Gasteiger partial charge in [0.1, 0.15) is 0 Å². The van der Waals surface area contributed by atoms with E-state index in [2.05, 4.69) is 26.3 Å². The lowest BCUT2D eigenvalue weighted by molar-refractivity contribution is 0.324. The van der Waals surface area contributed by atoms with Crippen LogP contribution in [0.2, 0.25) is 0 Å². The second-order valence-corrected chi connectivity index (χ2v) is 6.29. The summed E-state index contributed by atoms with van der Waals surface area (Å²) in [6.07, 6.45) is 4.65. The molecule has 24 heavy (non-hydrogen) atoms. The van der Waals surface area contributed by atoms with Gasteiger partial charge in [0.2, 0.25) is 0 Å². The number of anilines is 1. The van der Waals surface area contributed by atoms with Crippen LogP contribution < -0.4 is 10.9 Å². The molecule has 5 nitrogen and oxygen atoms in total. The first kappa shape index (κ1) is 14.9. The number of pyridine rings is 2. The fourth-order valence-corrected chi connectivity index (χ4v) is 3.33. The maximum absolute atomic E-state index is 11.8. The predicted molar refractivity (Wildman–Crippen MR) is 96.1 cm³/mol. The molecule has 3 heterocycles. The monoisotopic (exact) mass is 320 g/mol. The first-order chi connectivity index (χ1) is 11.8. The van der Waals surface area contributed by atoms with E-state index in [1.807, 2.05) is 42.6 Å². The van der Waals surface area contributed by atoms with E-state index in [-0.39, 0.29) is 5.56 Å². The summed E-state index contributed by atoms with van der Waals surface area (Å²) in [7, 11) is 0. The Morgan fingerprint density at radius 3 is 3.08 bits per heavy atom. The molecule has 2 N–H and O–H groups in total. The first-order valence-electron chi connectivity index (χ1n) is 8.28. The number of nitrogens with one attached hydrogen (secondary N) is 2. The Balaban J connectivity index is 1.42. The molecule has 1 saturated heterocycles. The van der Waals surface area contributed by atoms with Gasteiger partial charge in [-0.15, -0.1) is 0 Å². The highest BCUT2D eigenvalue weighted by Gasteiger charge is 2.22. The quantitative estimate of drug-likeness (QED) is 0.776. The van der Waals surface area contributed by atoms with Crippen LogP contribution >= 0.6 is 0 Å². The Kier molecular flexibility index (Phi) is 4.01. The lowest BCUT2D eigenvalue weighted by atomic mass is 10.1. The van der Waals surface area contributed by atoms with Gasteiger partial charge >= 0.3 is 0 Å². The number of fused-ring (bicyclic) bond motifs is 1.